The molecule has 0 unspecified atom stereocenters. The summed E-state index contributed by atoms with van der Waals surface area (Å²) >= 11 is 0. The Balaban J connectivity index is 1.55. The number of nitrogens with one attached hydrogen (secondary N) is 2. The summed E-state index contributed by atoms with van der Waals surface area (Å²) in [5.41, 5.74) is 3.39. The zero-order chi connectivity index (χ0) is 28.0. The molecule has 1 aliphatic rings. The average Bonchev–Trinajstić information content (AvgIpc) is 3.24. The van der Waals surface area contributed by atoms with Crippen LogP contribution in [-0.2, 0) is 11.3 Å². The van der Waals surface area contributed by atoms with Crippen LogP contribution in [0.15, 0.2) is 42.5 Å². The van der Waals surface area contributed by atoms with Crippen molar-refractivity contribution in [3.05, 3.63) is 48.0 Å². The number of urea groups is 1. The number of nitrogens with zero attached hydrogens (tertiary/aromatic N) is 5. The largest absolute Gasteiger partial charge is 0.326 e. The number of anilines is 3. The van der Waals surface area contributed by atoms with E-state index in [1.165, 1.54) is 19.3 Å². The highest BCUT2D eigenvalue weighted by molar-refractivity contribution is 6.00. The second-order valence-corrected chi connectivity index (χ2v) is 11.5. The van der Waals surface area contributed by atoms with Gasteiger partial charge in [0.25, 0.3) is 0 Å². The van der Waals surface area contributed by atoms with E-state index in [0.29, 0.717) is 30.2 Å². The number of carbonyl (C=O) groups excluding carboxylic acids is 2. The molecule has 3 aromatic rings. The Morgan fingerprint density at radius 2 is 1.74 bits per heavy atom. The van der Waals surface area contributed by atoms with Crippen molar-refractivity contribution in [1.29, 1.82) is 5.26 Å². The fourth-order valence-corrected chi connectivity index (χ4v) is 4.89. The van der Waals surface area contributed by atoms with Gasteiger partial charge >= 0.3 is 6.03 Å². The lowest BCUT2D eigenvalue weighted by molar-refractivity contribution is -0.120. The molecule has 2 heterocycles. The van der Waals surface area contributed by atoms with Gasteiger partial charge in [0.1, 0.15) is 0 Å². The third kappa shape index (κ3) is 7.58. The molecule has 3 amide bonds. The van der Waals surface area contributed by atoms with Crippen LogP contribution in [0.3, 0.4) is 0 Å². The molecule has 0 atom stereocenters. The molecule has 1 aromatic heterocycles. The van der Waals surface area contributed by atoms with E-state index in [9.17, 15) is 9.59 Å². The minimum atomic E-state index is -0.412. The van der Waals surface area contributed by atoms with Crippen molar-refractivity contribution < 1.29 is 9.59 Å². The van der Waals surface area contributed by atoms with Crippen molar-refractivity contribution in [2.45, 2.75) is 59.4 Å². The molecule has 2 N–H and O–H groups in total. The number of nitriles is 1. The number of amides is 3. The normalized spacial score (nSPS) is 14.1. The summed E-state index contributed by atoms with van der Waals surface area (Å²) in [5.74, 6) is 0.499. The highest BCUT2D eigenvalue weighted by atomic mass is 16.2. The minimum absolute atomic E-state index is 0.0444. The van der Waals surface area contributed by atoms with E-state index in [1.807, 2.05) is 43.5 Å². The zero-order valence-electron chi connectivity index (χ0n) is 23.5. The monoisotopic (exact) mass is 529 g/mol. The summed E-state index contributed by atoms with van der Waals surface area (Å²) in [7, 11) is 1.79. The average molecular weight is 530 g/mol. The predicted molar refractivity (Wildman–Crippen MR) is 156 cm³/mol. The van der Waals surface area contributed by atoms with E-state index in [1.54, 1.807) is 36.2 Å². The maximum absolute atomic E-state index is 12.9. The molecule has 1 saturated heterocycles. The van der Waals surface area contributed by atoms with Crippen molar-refractivity contribution in [3.63, 3.8) is 0 Å². The molecule has 0 spiro atoms. The van der Waals surface area contributed by atoms with Crippen LogP contribution in [0.25, 0.3) is 11.0 Å². The number of rotatable bonds is 8. The lowest BCUT2D eigenvalue weighted by Crippen LogP contribution is -2.31. The van der Waals surface area contributed by atoms with Crippen molar-refractivity contribution in [2.75, 3.05) is 42.2 Å². The van der Waals surface area contributed by atoms with Gasteiger partial charge in [0, 0.05) is 31.4 Å². The number of hydrogen-bond acceptors (Lipinski definition) is 5. The van der Waals surface area contributed by atoms with Gasteiger partial charge in [-0.2, -0.15) is 5.26 Å². The first kappa shape index (κ1) is 28.1. The predicted octanol–water partition coefficient (Wildman–Crippen LogP) is 5.83. The van der Waals surface area contributed by atoms with E-state index in [4.69, 9.17) is 10.2 Å². The molecule has 1 aliphatic heterocycles. The Kier molecular flexibility index (Phi) is 8.87. The van der Waals surface area contributed by atoms with E-state index in [0.717, 1.165) is 42.8 Å². The third-order valence-electron chi connectivity index (χ3n) is 6.98. The summed E-state index contributed by atoms with van der Waals surface area (Å²) in [6, 6.07) is 14.2. The van der Waals surface area contributed by atoms with Gasteiger partial charge in [0.15, 0.2) is 0 Å². The lowest BCUT2D eigenvalue weighted by Gasteiger charge is -2.26. The summed E-state index contributed by atoms with van der Waals surface area (Å²) in [6.07, 6.45) is 5.18. The molecule has 1 fully saturated rings. The molecule has 39 heavy (non-hydrogen) atoms. The Morgan fingerprint density at radius 1 is 1.03 bits per heavy atom. The highest BCUT2D eigenvalue weighted by Gasteiger charge is 2.21. The maximum atomic E-state index is 12.9. The van der Waals surface area contributed by atoms with Gasteiger partial charge in [-0.1, -0.05) is 27.2 Å². The lowest BCUT2D eigenvalue weighted by atomic mass is 9.91. The number of carbonyl (C=O) groups is 2. The summed E-state index contributed by atoms with van der Waals surface area (Å²) in [5, 5.41) is 14.7. The first-order chi connectivity index (χ1) is 18.6. The SMILES string of the molecule is CN(C(=O)CC(C)(C)C)c1ccc2c(c1)nc(NC(=O)Nc1ccc(C#N)cc1)n2CCCN1CCCCC1. The fourth-order valence-electron chi connectivity index (χ4n) is 4.89. The summed E-state index contributed by atoms with van der Waals surface area (Å²) < 4.78 is 2.04. The first-order valence-electron chi connectivity index (χ1n) is 13.7. The van der Waals surface area contributed by atoms with Crippen LogP contribution < -0.4 is 15.5 Å². The number of imidazole rings is 1. The number of aryl methyl sites for hydroxylation is 1. The molecule has 0 saturated carbocycles. The molecule has 9 nitrogen and oxygen atoms in total. The van der Waals surface area contributed by atoms with Crippen molar-refractivity contribution in [1.82, 2.24) is 14.5 Å². The Morgan fingerprint density at radius 3 is 2.41 bits per heavy atom. The van der Waals surface area contributed by atoms with Crippen LogP contribution in [-0.4, -0.2) is 53.1 Å². The number of likely N-dealkylation sites (tertiary alicyclic amines) is 1. The van der Waals surface area contributed by atoms with Crippen LogP contribution in [0, 0.1) is 16.7 Å². The summed E-state index contributed by atoms with van der Waals surface area (Å²) in [4.78, 5) is 34.6. The minimum Gasteiger partial charge on any atom is -0.315 e. The Hall–Kier alpha value is -3.90. The first-order valence-corrected chi connectivity index (χ1v) is 13.7. The van der Waals surface area contributed by atoms with E-state index in [-0.39, 0.29) is 11.3 Å². The molecular weight excluding hydrogens is 490 g/mol. The highest BCUT2D eigenvalue weighted by Crippen LogP contribution is 2.27. The number of hydrogen-bond donors (Lipinski definition) is 2. The van der Waals surface area contributed by atoms with E-state index < -0.39 is 6.03 Å². The number of piperidine rings is 1. The number of benzene rings is 2. The van der Waals surface area contributed by atoms with Crippen molar-refractivity contribution >= 4 is 40.3 Å². The fraction of sp³-hybridized carbons (Fsp3) is 0.467. The van der Waals surface area contributed by atoms with Gasteiger partial charge in [0.05, 0.1) is 22.7 Å². The van der Waals surface area contributed by atoms with E-state index in [2.05, 4.69) is 21.6 Å². The van der Waals surface area contributed by atoms with Crippen LogP contribution >= 0.6 is 0 Å². The number of aromatic nitrogens is 2. The smallest absolute Gasteiger partial charge is 0.315 e. The standard InChI is InChI=1S/C30H39N7O2/c1-30(2,3)20-27(38)35(4)24-13-14-26-25(19-24)33-28(37(26)18-8-17-36-15-6-5-7-16-36)34-29(39)32-23-11-9-22(21-31)10-12-23/h9-14,19H,5-8,15-18,20H2,1-4H3,(H2,32,33,34,39). The number of fused-ring (bicyclic) bond motifs is 1. The van der Waals surface area contributed by atoms with Gasteiger partial charge in [-0.05, 0) is 86.8 Å². The summed E-state index contributed by atoms with van der Waals surface area (Å²) in [6.45, 7) is 10.1. The molecule has 9 heteroatoms. The van der Waals surface area contributed by atoms with E-state index >= 15 is 0 Å². The van der Waals surface area contributed by atoms with Crippen LogP contribution in [0.5, 0.6) is 0 Å². The van der Waals surface area contributed by atoms with Crippen molar-refractivity contribution in [2.24, 2.45) is 5.41 Å². The van der Waals surface area contributed by atoms with Gasteiger partial charge in [0.2, 0.25) is 11.9 Å². The van der Waals surface area contributed by atoms with Crippen LogP contribution in [0.4, 0.5) is 22.1 Å². The van der Waals surface area contributed by atoms with Gasteiger partial charge in [-0.25, -0.2) is 9.78 Å². The molecule has 0 radical (unpaired) electrons. The van der Waals surface area contributed by atoms with Gasteiger partial charge in [-0.3, -0.25) is 10.1 Å². The molecule has 0 bridgehead atoms. The quantitative estimate of drug-likeness (QED) is 0.382. The van der Waals surface area contributed by atoms with Gasteiger partial charge in [-0.15, -0.1) is 0 Å². The Labute approximate surface area is 230 Å². The molecule has 4 rings (SSSR count). The zero-order valence-corrected chi connectivity index (χ0v) is 23.5. The molecule has 206 valence electrons. The molecule has 0 aliphatic carbocycles. The topological polar surface area (TPSA) is 106 Å². The second kappa shape index (κ2) is 12.3. The van der Waals surface area contributed by atoms with Crippen LogP contribution in [0.2, 0.25) is 0 Å². The van der Waals surface area contributed by atoms with Gasteiger partial charge < -0.3 is 19.7 Å². The Bertz CT molecular complexity index is 1340. The van der Waals surface area contributed by atoms with Crippen molar-refractivity contribution in [3.8, 4) is 6.07 Å². The second-order valence-electron chi connectivity index (χ2n) is 11.5. The molecule has 2 aromatic carbocycles. The maximum Gasteiger partial charge on any atom is 0.326 e. The third-order valence-corrected chi connectivity index (χ3v) is 6.98. The van der Waals surface area contributed by atoms with Crippen LogP contribution in [0.1, 0.15) is 58.4 Å². The molecular formula is C30H39N7O2.